The van der Waals surface area contributed by atoms with E-state index in [4.69, 9.17) is 4.74 Å². The summed E-state index contributed by atoms with van der Waals surface area (Å²) in [5, 5.41) is 0.255. The first kappa shape index (κ1) is 21.1. The number of amides is 2. The van der Waals surface area contributed by atoms with Gasteiger partial charge in [-0.3, -0.25) is 19.1 Å². The minimum absolute atomic E-state index is 0.235. The second kappa shape index (κ2) is 9.34. The highest BCUT2D eigenvalue weighted by Crippen LogP contribution is 2.31. The van der Waals surface area contributed by atoms with Gasteiger partial charge >= 0.3 is 0 Å². The number of halogens is 1. The standard InChI is InChI=1S/C23H22FN3O3S/c1-30-19-11-9-18(10-12-19)26-15-13-25-23(26)31-20-4-2-3-14-27(22(20)29)21(28)16-5-7-17(24)8-6-16/h5-13,15,20H,2-4,14H2,1H3/t20-/m0/s1. The number of carbonyl (C=O) groups is 2. The molecule has 1 aromatic heterocycles. The van der Waals surface area contributed by atoms with Gasteiger partial charge in [0.25, 0.3) is 5.91 Å². The number of rotatable bonds is 5. The van der Waals surface area contributed by atoms with Crippen molar-refractivity contribution in [1.29, 1.82) is 0 Å². The van der Waals surface area contributed by atoms with E-state index in [1.807, 2.05) is 35.0 Å². The Morgan fingerprint density at radius 1 is 1.13 bits per heavy atom. The third-order valence-electron chi connectivity index (χ3n) is 5.18. The predicted octanol–water partition coefficient (Wildman–Crippen LogP) is 4.33. The quantitative estimate of drug-likeness (QED) is 0.554. The van der Waals surface area contributed by atoms with Crippen molar-refractivity contribution in [3.8, 4) is 11.4 Å². The summed E-state index contributed by atoms with van der Waals surface area (Å²) in [5.41, 5.74) is 1.21. The SMILES string of the molecule is COc1ccc(-n2ccnc2S[C@H]2CCCCN(C(=O)c3ccc(F)cc3)C2=O)cc1. The molecule has 1 fully saturated rings. The van der Waals surface area contributed by atoms with Crippen molar-refractivity contribution < 1.29 is 18.7 Å². The fraction of sp³-hybridized carbons (Fsp3) is 0.261. The van der Waals surface area contributed by atoms with Crippen LogP contribution in [0.1, 0.15) is 29.6 Å². The number of hydrogen-bond acceptors (Lipinski definition) is 5. The van der Waals surface area contributed by atoms with E-state index in [1.54, 1.807) is 13.3 Å². The van der Waals surface area contributed by atoms with Gasteiger partial charge in [-0.25, -0.2) is 9.37 Å². The number of hydrogen-bond donors (Lipinski definition) is 0. The van der Waals surface area contributed by atoms with Crippen LogP contribution in [0, 0.1) is 5.82 Å². The number of nitrogens with zero attached hydrogens (tertiary/aromatic N) is 3. The van der Waals surface area contributed by atoms with Crippen LogP contribution in [0.5, 0.6) is 5.75 Å². The maximum atomic E-state index is 13.2. The number of ether oxygens (including phenoxy) is 1. The van der Waals surface area contributed by atoms with Crippen molar-refractivity contribution in [2.24, 2.45) is 0 Å². The Balaban J connectivity index is 1.54. The van der Waals surface area contributed by atoms with Crippen LogP contribution in [0.3, 0.4) is 0 Å². The van der Waals surface area contributed by atoms with Gasteiger partial charge in [-0.05, 0) is 61.4 Å². The molecule has 31 heavy (non-hydrogen) atoms. The highest BCUT2D eigenvalue weighted by atomic mass is 32.2. The summed E-state index contributed by atoms with van der Waals surface area (Å²) < 4.78 is 20.3. The molecule has 0 radical (unpaired) electrons. The molecular weight excluding hydrogens is 417 g/mol. The molecule has 0 N–H and O–H groups in total. The Kier molecular flexibility index (Phi) is 6.36. The zero-order valence-electron chi connectivity index (χ0n) is 17.0. The molecule has 1 aliphatic rings. The highest BCUT2D eigenvalue weighted by molar-refractivity contribution is 8.00. The van der Waals surface area contributed by atoms with Gasteiger partial charge in [0, 0.05) is 30.2 Å². The fourth-order valence-corrected chi connectivity index (χ4v) is 4.68. The van der Waals surface area contributed by atoms with E-state index in [0.717, 1.165) is 24.3 Å². The summed E-state index contributed by atoms with van der Waals surface area (Å²) in [5.74, 6) is -0.290. The number of likely N-dealkylation sites (tertiary alicyclic amines) is 1. The number of carbonyl (C=O) groups excluding carboxylic acids is 2. The lowest BCUT2D eigenvalue weighted by molar-refractivity contribution is -0.127. The van der Waals surface area contributed by atoms with E-state index in [2.05, 4.69) is 4.98 Å². The zero-order chi connectivity index (χ0) is 21.8. The molecule has 2 aromatic carbocycles. The fourth-order valence-electron chi connectivity index (χ4n) is 3.51. The van der Waals surface area contributed by atoms with E-state index in [-0.39, 0.29) is 5.91 Å². The van der Waals surface area contributed by atoms with Gasteiger partial charge in [-0.2, -0.15) is 0 Å². The molecule has 0 aliphatic carbocycles. The van der Waals surface area contributed by atoms with Crippen LogP contribution in [0.4, 0.5) is 4.39 Å². The van der Waals surface area contributed by atoms with Crippen molar-refractivity contribution in [3.05, 3.63) is 72.3 Å². The molecule has 1 aliphatic heterocycles. The first-order valence-electron chi connectivity index (χ1n) is 10.0. The molecule has 0 saturated carbocycles. The summed E-state index contributed by atoms with van der Waals surface area (Å²) >= 11 is 1.36. The van der Waals surface area contributed by atoms with E-state index < -0.39 is 17.0 Å². The van der Waals surface area contributed by atoms with E-state index in [9.17, 15) is 14.0 Å². The minimum Gasteiger partial charge on any atom is -0.497 e. The summed E-state index contributed by atoms with van der Waals surface area (Å²) in [6, 6.07) is 12.9. The van der Waals surface area contributed by atoms with Crippen molar-refractivity contribution in [2.75, 3.05) is 13.7 Å². The number of benzene rings is 2. The summed E-state index contributed by atoms with van der Waals surface area (Å²) in [4.78, 5) is 31.9. The number of methoxy groups -OCH3 is 1. The zero-order valence-corrected chi connectivity index (χ0v) is 17.8. The molecule has 2 heterocycles. The van der Waals surface area contributed by atoms with Crippen LogP contribution in [-0.2, 0) is 4.79 Å². The molecule has 1 atom stereocenters. The molecule has 0 spiro atoms. The average Bonchev–Trinajstić information content (AvgIpc) is 3.18. The summed E-state index contributed by atoms with van der Waals surface area (Å²) in [6.45, 7) is 0.360. The minimum atomic E-state index is -0.425. The van der Waals surface area contributed by atoms with E-state index >= 15 is 0 Å². The van der Waals surface area contributed by atoms with E-state index in [1.165, 1.54) is 40.9 Å². The van der Waals surface area contributed by atoms with Crippen LogP contribution < -0.4 is 4.74 Å². The third-order valence-corrected chi connectivity index (χ3v) is 6.42. The molecule has 0 bridgehead atoms. The second-order valence-electron chi connectivity index (χ2n) is 7.18. The van der Waals surface area contributed by atoms with Gasteiger partial charge in [0.05, 0.1) is 12.4 Å². The first-order valence-corrected chi connectivity index (χ1v) is 10.9. The number of imidazole rings is 1. The molecule has 8 heteroatoms. The molecule has 1 saturated heterocycles. The van der Waals surface area contributed by atoms with Gasteiger partial charge in [0.2, 0.25) is 5.91 Å². The van der Waals surface area contributed by atoms with Crippen LogP contribution in [0.15, 0.2) is 66.1 Å². The molecule has 6 nitrogen and oxygen atoms in total. The maximum Gasteiger partial charge on any atom is 0.260 e. The predicted molar refractivity (Wildman–Crippen MR) is 116 cm³/mol. The molecular formula is C23H22FN3O3S. The Bertz CT molecular complexity index is 1070. The van der Waals surface area contributed by atoms with Crippen LogP contribution in [0.25, 0.3) is 5.69 Å². The normalized spacial score (nSPS) is 16.8. The number of thioether (sulfide) groups is 1. The molecule has 0 unspecified atom stereocenters. The molecule has 160 valence electrons. The molecule has 3 aromatic rings. The van der Waals surface area contributed by atoms with Crippen LogP contribution in [-0.4, -0.2) is 45.2 Å². The van der Waals surface area contributed by atoms with Crippen molar-refractivity contribution in [2.45, 2.75) is 29.7 Å². The highest BCUT2D eigenvalue weighted by Gasteiger charge is 2.33. The van der Waals surface area contributed by atoms with Crippen molar-refractivity contribution >= 4 is 23.6 Å². The second-order valence-corrected chi connectivity index (χ2v) is 8.35. The van der Waals surface area contributed by atoms with Crippen LogP contribution >= 0.6 is 11.8 Å². The lowest BCUT2D eigenvalue weighted by atomic mass is 10.2. The van der Waals surface area contributed by atoms with Crippen molar-refractivity contribution in [1.82, 2.24) is 14.5 Å². The third kappa shape index (κ3) is 4.64. The van der Waals surface area contributed by atoms with Gasteiger partial charge in [0.15, 0.2) is 5.16 Å². The number of imide groups is 1. The van der Waals surface area contributed by atoms with Gasteiger partial charge in [0.1, 0.15) is 11.6 Å². The Labute approximate surface area is 184 Å². The van der Waals surface area contributed by atoms with Crippen molar-refractivity contribution in [3.63, 3.8) is 0 Å². The van der Waals surface area contributed by atoms with Gasteiger partial charge in [-0.15, -0.1) is 0 Å². The largest absolute Gasteiger partial charge is 0.497 e. The lowest BCUT2D eigenvalue weighted by Gasteiger charge is -2.22. The van der Waals surface area contributed by atoms with Crippen LogP contribution in [0.2, 0.25) is 0 Å². The Hall–Kier alpha value is -3.13. The monoisotopic (exact) mass is 439 g/mol. The van der Waals surface area contributed by atoms with E-state index in [0.29, 0.717) is 23.7 Å². The Morgan fingerprint density at radius 2 is 1.87 bits per heavy atom. The van der Waals surface area contributed by atoms with Gasteiger partial charge < -0.3 is 4.74 Å². The maximum absolute atomic E-state index is 13.2. The number of aromatic nitrogens is 2. The first-order chi connectivity index (χ1) is 15.1. The smallest absolute Gasteiger partial charge is 0.260 e. The Morgan fingerprint density at radius 3 is 2.58 bits per heavy atom. The molecule has 4 rings (SSSR count). The summed E-state index contributed by atoms with van der Waals surface area (Å²) in [7, 11) is 1.62. The van der Waals surface area contributed by atoms with Gasteiger partial charge in [-0.1, -0.05) is 18.2 Å². The average molecular weight is 440 g/mol. The lowest BCUT2D eigenvalue weighted by Crippen LogP contribution is -2.41. The summed E-state index contributed by atoms with van der Waals surface area (Å²) in [6.07, 6.45) is 5.76. The molecule has 2 amide bonds. The topological polar surface area (TPSA) is 64.4 Å².